The minimum Gasteiger partial charge on any atom is -0.380 e. The van der Waals surface area contributed by atoms with Crippen molar-refractivity contribution in [3.63, 3.8) is 0 Å². The molecule has 0 aliphatic rings. The largest absolute Gasteiger partial charge is 0.380 e. The van der Waals surface area contributed by atoms with E-state index in [0.717, 1.165) is 5.69 Å². The zero-order chi connectivity index (χ0) is 11.9. The Balaban J connectivity index is 2.21. The molecule has 0 amide bonds. The molecule has 2 aromatic rings. The van der Waals surface area contributed by atoms with Gasteiger partial charge in [0.1, 0.15) is 0 Å². The average Bonchev–Trinajstić information content (AvgIpc) is 2.39. The van der Waals surface area contributed by atoms with E-state index in [1.165, 1.54) is 11.1 Å². The fraction of sp³-hybridized carbons (Fsp3) is 0.133. The van der Waals surface area contributed by atoms with Gasteiger partial charge >= 0.3 is 0 Å². The van der Waals surface area contributed by atoms with Gasteiger partial charge in [-0.1, -0.05) is 36.4 Å². The van der Waals surface area contributed by atoms with Crippen LogP contribution in [0.2, 0.25) is 0 Å². The Bertz CT molecular complexity index is 491. The average molecular weight is 225 g/mol. The van der Waals surface area contributed by atoms with Gasteiger partial charge in [-0.05, 0) is 29.3 Å². The molecule has 0 fully saturated rings. The standard InChI is InChI=1S/C15H15NO/c1-17-12-14-7-3-2-6-13(14)9-10-15-8-4-5-11-16-15/h2-11H,12H2,1H3/b10-9+. The quantitative estimate of drug-likeness (QED) is 0.795. The summed E-state index contributed by atoms with van der Waals surface area (Å²) in [7, 11) is 1.71. The molecule has 0 saturated carbocycles. The summed E-state index contributed by atoms with van der Waals surface area (Å²) in [5.41, 5.74) is 3.31. The van der Waals surface area contributed by atoms with Crippen LogP contribution in [0.25, 0.3) is 12.2 Å². The summed E-state index contributed by atoms with van der Waals surface area (Å²) < 4.78 is 5.17. The van der Waals surface area contributed by atoms with Crippen molar-refractivity contribution in [1.29, 1.82) is 0 Å². The lowest BCUT2D eigenvalue weighted by molar-refractivity contribution is 0.185. The highest BCUT2D eigenvalue weighted by molar-refractivity contribution is 5.69. The molecule has 2 rings (SSSR count). The number of hydrogen-bond acceptors (Lipinski definition) is 2. The summed E-state index contributed by atoms with van der Waals surface area (Å²) in [4.78, 5) is 4.25. The molecule has 1 heterocycles. The number of ether oxygens (including phenoxy) is 1. The molecule has 1 aromatic heterocycles. The van der Waals surface area contributed by atoms with E-state index < -0.39 is 0 Å². The number of methoxy groups -OCH3 is 1. The molecule has 1 aromatic carbocycles. The van der Waals surface area contributed by atoms with Crippen LogP contribution >= 0.6 is 0 Å². The SMILES string of the molecule is COCc1ccccc1/C=C/c1ccccn1. The van der Waals surface area contributed by atoms with Crippen molar-refractivity contribution in [2.45, 2.75) is 6.61 Å². The molecule has 0 unspecified atom stereocenters. The number of rotatable bonds is 4. The van der Waals surface area contributed by atoms with Gasteiger partial charge in [-0.25, -0.2) is 0 Å². The third kappa shape index (κ3) is 3.26. The summed E-state index contributed by atoms with van der Waals surface area (Å²) in [5.74, 6) is 0. The summed E-state index contributed by atoms with van der Waals surface area (Å²) >= 11 is 0. The molecule has 0 bridgehead atoms. The third-order valence-corrected chi connectivity index (χ3v) is 2.48. The van der Waals surface area contributed by atoms with Crippen LogP contribution < -0.4 is 0 Å². The lowest BCUT2D eigenvalue weighted by Crippen LogP contribution is -1.90. The van der Waals surface area contributed by atoms with Gasteiger partial charge in [0.25, 0.3) is 0 Å². The van der Waals surface area contributed by atoms with Crippen molar-refractivity contribution >= 4 is 12.2 Å². The highest BCUT2D eigenvalue weighted by atomic mass is 16.5. The van der Waals surface area contributed by atoms with Crippen LogP contribution in [-0.4, -0.2) is 12.1 Å². The molecule has 0 spiro atoms. The van der Waals surface area contributed by atoms with E-state index >= 15 is 0 Å². The van der Waals surface area contributed by atoms with Gasteiger partial charge in [-0.2, -0.15) is 0 Å². The zero-order valence-electron chi connectivity index (χ0n) is 9.84. The normalized spacial score (nSPS) is 10.9. The number of pyridine rings is 1. The summed E-state index contributed by atoms with van der Waals surface area (Å²) in [6, 6.07) is 14.1. The van der Waals surface area contributed by atoms with Gasteiger partial charge < -0.3 is 4.74 Å². The monoisotopic (exact) mass is 225 g/mol. The van der Waals surface area contributed by atoms with Crippen LogP contribution in [0.4, 0.5) is 0 Å². The smallest absolute Gasteiger partial charge is 0.0718 e. The van der Waals surface area contributed by atoms with Crippen LogP contribution in [0.15, 0.2) is 48.7 Å². The molecule has 2 nitrogen and oxygen atoms in total. The van der Waals surface area contributed by atoms with Crippen LogP contribution in [-0.2, 0) is 11.3 Å². The second-order valence-electron chi connectivity index (χ2n) is 3.72. The maximum absolute atomic E-state index is 5.17. The second-order valence-corrected chi connectivity index (χ2v) is 3.72. The summed E-state index contributed by atoms with van der Waals surface area (Å²) in [6.45, 7) is 0.628. The molecule has 86 valence electrons. The maximum atomic E-state index is 5.17. The molecular formula is C15H15NO. The third-order valence-electron chi connectivity index (χ3n) is 2.48. The highest BCUT2D eigenvalue weighted by Gasteiger charge is 1.97. The topological polar surface area (TPSA) is 22.1 Å². The first-order valence-electron chi connectivity index (χ1n) is 5.56. The van der Waals surface area contributed by atoms with E-state index in [2.05, 4.69) is 23.2 Å². The van der Waals surface area contributed by atoms with Crippen molar-refractivity contribution < 1.29 is 4.74 Å². The number of nitrogens with zero attached hydrogens (tertiary/aromatic N) is 1. The number of benzene rings is 1. The van der Waals surface area contributed by atoms with E-state index in [9.17, 15) is 0 Å². The Morgan fingerprint density at radius 2 is 1.88 bits per heavy atom. The van der Waals surface area contributed by atoms with Crippen LogP contribution in [0.1, 0.15) is 16.8 Å². The Labute approximate surface area is 102 Å². The fourth-order valence-electron chi connectivity index (χ4n) is 1.63. The summed E-state index contributed by atoms with van der Waals surface area (Å²) in [5, 5.41) is 0. The van der Waals surface area contributed by atoms with Crippen molar-refractivity contribution in [3.8, 4) is 0 Å². The van der Waals surface area contributed by atoms with E-state index in [-0.39, 0.29) is 0 Å². The molecule has 2 heteroatoms. The molecular weight excluding hydrogens is 210 g/mol. The van der Waals surface area contributed by atoms with Crippen LogP contribution in [0.5, 0.6) is 0 Å². The van der Waals surface area contributed by atoms with Gasteiger partial charge in [0.15, 0.2) is 0 Å². The van der Waals surface area contributed by atoms with Crippen molar-refractivity contribution in [2.75, 3.05) is 7.11 Å². The predicted molar refractivity (Wildman–Crippen MR) is 70.3 cm³/mol. The highest BCUT2D eigenvalue weighted by Crippen LogP contribution is 2.13. The molecule has 0 radical (unpaired) electrons. The first-order valence-corrected chi connectivity index (χ1v) is 5.56. The minimum absolute atomic E-state index is 0.628. The lowest BCUT2D eigenvalue weighted by Gasteiger charge is -2.03. The lowest BCUT2D eigenvalue weighted by atomic mass is 10.1. The van der Waals surface area contributed by atoms with E-state index in [1.807, 2.05) is 36.4 Å². The van der Waals surface area contributed by atoms with Crippen LogP contribution in [0, 0.1) is 0 Å². The van der Waals surface area contributed by atoms with Gasteiger partial charge in [0.05, 0.1) is 12.3 Å². The van der Waals surface area contributed by atoms with Crippen molar-refractivity contribution in [1.82, 2.24) is 4.98 Å². The Hall–Kier alpha value is -1.93. The predicted octanol–water partition coefficient (Wildman–Crippen LogP) is 3.40. The van der Waals surface area contributed by atoms with E-state index in [4.69, 9.17) is 4.74 Å². The molecule has 0 aliphatic carbocycles. The molecule has 0 atom stereocenters. The zero-order valence-corrected chi connectivity index (χ0v) is 9.84. The molecule has 0 saturated heterocycles. The van der Waals surface area contributed by atoms with Gasteiger partial charge in [0, 0.05) is 13.3 Å². The van der Waals surface area contributed by atoms with Crippen molar-refractivity contribution in [3.05, 3.63) is 65.5 Å². The minimum atomic E-state index is 0.628. The number of aromatic nitrogens is 1. The van der Waals surface area contributed by atoms with E-state index in [0.29, 0.717) is 6.61 Å². The van der Waals surface area contributed by atoms with Crippen LogP contribution in [0.3, 0.4) is 0 Å². The summed E-state index contributed by atoms with van der Waals surface area (Å²) in [6.07, 6.45) is 5.87. The van der Waals surface area contributed by atoms with Gasteiger partial charge in [-0.3, -0.25) is 4.98 Å². The Kier molecular flexibility index (Phi) is 4.05. The van der Waals surface area contributed by atoms with Crippen molar-refractivity contribution in [2.24, 2.45) is 0 Å². The molecule has 17 heavy (non-hydrogen) atoms. The molecule has 0 N–H and O–H groups in total. The van der Waals surface area contributed by atoms with E-state index in [1.54, 1.807) is 13.3 Å². The maximum Gasteiger partial charge on any atom is 0.0718 e. The Morgan fingerprint density at radius 1 is 1.06 bits per heavy atom. The molecule has 0 aliphatic heterocycles. The first kappa shape index (κ1) is 11.6. The van der Waals surface area contributed by atoms with Gasteiger partial charge in [-0.15, -0.1) is 0 Å². The fourth-order valence-corrected chi connectivity index (χ4v) is 1.63. The first-order chi connectivity index (χ1) is 8.40. The Morgan fingerprint density at radius 3 is 2.65 bits per heavy atom. The van der Waals surface area contributed by atoms with Gasteiger partial charge in [0.2, 0.25) is 0 Å². The number of hydrogen-bond donors (Lipinski definition) is 0. The second kappa shape index (κ2) is 5.97.